The molecule has 178 valence electrons. The van der Waals surface area contributed by atoms with Gasteiger partial charge in [-0.15, -0.1) is 11.3 Å². The van der Waals surface area contributed by atoms with Crippen LogP contribution in [-0.2, 0) is 9.53 Å². The second kappa shape index (κ2) is 10.6. The van der Waals surface area contributed by atoms with Crippen molar-refractivity contribution >= 4 is 40.5 Å². The molecule has 0 atom stereocenters. The van der Waals surface area contributed by atoms with Gasteiger partial charge >= 0.3 is 5.97 Å². The van der Waals surface area contributed by atoms with Crippen LogP contribution in [0.4, 0.5) is 5.69 Å². The number of rotatable bonds is 5. The number of carbonyl (C=O) groups excluding carboxylic acids is 2. The number of ether oxygens (including phenoxy) is 1. The molecule has 7 heteroatoms. The molecule has 2 aliphatic rings. The lowest BCUT2D eigenvalue weighted by Gasteiger charge is -2.39. The summed E-state index contributed by atoms with van der Waals surface area (Å²) in [5.74, 6) is 0.472. The Labute approximate surface area is 205 Å². The minimum absolute atomic E-state index is 0.0187. The number of nitrogens with zero attached hydrogens (tertiary/aromatic N) is 2. The molecule has 1 saturated heterocycles. The maximum absolute atomic E-state index is 14.0. The topological polar surface area (TPSA) is 49.9 Å². The van der Waals surface area contributed by atoms with Crippen LogP contribution < -0.4 is 4.90 Å². The van der Waals surface area contributed by atoms with Gasteiger partial charge in [-0.05, 0) is 88.3 Å². The summed E-state index contributed by atoms with van der Waals surface area (Å²) in [6.45, 7) is 4.15. The third-order valence-electron chi connectivity index (χ3n) is 7.13. The Morgan fingerprint density at radius 3 is 2.30 bits per heavy atom. The second-order valence-corrected chi connectivity index (χ2v) is 11.0. The van der Waals surface area contributed by atoms with Gasteiger partial charge in [-0.2, -0.15) is 0 Å². The van der Waals surface area contributed by atoms with Crippen molar-refractivity contribution in [3.63, 3.8) is 0 Å². The minimum Gasteiger partial charge on any atom is -0.465 e. The molecule has 2 heterocycles. The van der Waals surface area contributed by atoms with E-state index in [0.29, 0.717) is 21.5 Å². The van der Waals surface area contributed by atoms with E-state index in [9.17, 15) is 9.59 Å². The molecule has 5 nitrogen and oxygen atoms in total. The Morgan fingerprint density at radius 1 is 1.06 bits per heavy atom. The molecule has 0 radical (unpaired) electrons. The average Bonchev–Trinajstić information content (AvgIpc) is 3.25. The Hall–Kier alpha value is -1.89. The number of likely N-dealkylation sites (tertiary alicyclic amines) is 1. The molecule has 1 aromatic carbocycles. The van der Waals surface area contributed by atoms with E-state index in [0.717, 1.165) is 62.1 Å². The first kappa shape index (κ1) is 24.2. The van der Waals surface area contributed by atoms with Crippen molar-refractivity contribution in [3.8, 4) is 10.4 Å². The van der Waals surface area contributed by atoms with Crippen molar-refractivity contribution < 1.29 is 14.3 Å². The summed E-state index contributed by atoms with van der Waals surface area (Å²) in [4.78, 5) is 32.5. The highest BCUT2D eigenvalue weighted by atomic mass is 35.5. The summed E-state index contributed by atoms with van der Waals surface area (Å²) in [7, 11) is 3.52. The number of amides is 1. The molecule has 1 saturated carbocycles. The van der Waals surface area contributed by atoms with Gasteiger partial charge in [-0.25, -0.2) is 4.79 Å². The fraction of sp³-hybridized carbons (Fsp3) is 0.538. The summed E-state index contributed by atoms with van der Waals surface area (Å²) in [5.41, 5.74) is 1.68. The van der Waals surface area contributed by atoms with Crippen molar-refractivity contribution in [1.29, 1.82) is 0 Å². The quantitative estimate of drug-likeness (QED) is 0.476. The maximum atomic E-state index is 14.0. The predicted octanol–water partition coefficient (Wildman–Crippen LogP) is 6.11. The molecule has 1 aliphatic carbocycles. The Bertz CT molecular complexity index is 974. The van der Waals surface area contributed by atoms with Crippen LogP contribution >= 0.6 is 22.9 Å². The van der Waals surface area contributed by atoms with Crippen LogP contribution in [0.5, 0.6) is 0 Å². The summed E-state index contributed by atoms with van der Waals surface area (Å²) >= 11 is 7.47. The van der Waals surface area contributed by atoms with E-state index < -0.39 is 5.97 Å². The van der Waals surface area contributed by atoms with Gasteiger partial charge in [0.1, 0.15) is 4.88 Å². The molecule has 0 N–H and O–H groups in total. The summed E-state index contributed by atoms with van der Waals surface area (Å²) in [5, 5.41) is 0.665. The normalized spacial score (nSPS) is 22.2. The zero-order valence-electron chi connectivity index (χ0n) is 19.7. The van der Waals surface area contributed by atoms with Crippen LogP contribution in [0.2, 0.25) is 5.02 Å². The number of thiophene rings is 1. The van der Waals surface area contributed by atoms with E-state index in [4.69, 9.17) is 16.3 Å². The van der Waals surface area contributed by atoms with Crippen molar-refractivity contribution in [1.82, 2.24) is 4.90 Å². The highest BCUT2D eigenvalue weighted by molar-refractivity contribution is 7.18. The first-order valence-corrected chi connectivity index (χ1v) is 13.1. The third-order valence-corrected chi connectivity index (χ3v) is 8.53. The molecule has 4 rings (SSSR count). The van der Waals surface area contributed by atoms with Crippen molar-refractivity contribution in [2.75, 3.05) is 32.1 Å². The monoisotopic (exact) mass is 488 g/mol. The molecular formula is C26H33ClN2O3S. The van der Waals surface area contributed by atoms with Crippen LogP contribution in [0.1, 0.15) is 55.1 Å². The Kier molecular flexibility index (Phi) is 7.77. The Balaban J connectivity index is 1.75. The molecule has 1 aliphatic heterocycles. The van der Waals surface area contributed by atoms with Crippen molar-refractivity contribution in [3.05, 3.63) is 40.2 Å². The van der Waals surface area contributed by atoms with Crippen LogP contribution in [0.25, 0.3) is 10.4 Å². The molecule has 2 fully saturated rings. The first-order valence-electron chi connectivity index (χ1n) is 11.9. The van der Waals surface area contributed by atoms with Gasteiger partial charge in [0, 0.05) is 21.9 Å². The van der Waals surface area contributed by atoms with E-state index in [1.54, 1.807) is 0 Å². The van der Waals surface area contributed by atoms with Crippen LogP contribution in [0.15, 0.2) is 30.3 Å². The number of esters is 1. The average molecular weight is 489 g/mol. The number of hydrogen-bond acceptors (Lipinski definition) is 5. The number of carbonyl (C=O) groups is 2. The molecule has 1 aromatic heterocycles. The fourth-order valence-electron chi connectivity index (χ4n) is 5.01. The largest absolute Gasteiger partial charge is 0.465 e. The van der Waals surface area contributed by atoms with E-state index in [-0.39, 0.29) is 17.9 Å². The highest BCUT2D eigenvalue weighted by Gasteiger charge is 2.37. The molecule has 2 aromatic rings. The molecule has 0 spiro atoms. The second-order valence-electron chi connectivity index (χ2n) is 9.52. The zero-order valence-corrected chi connectivity index (χ0v) is 21.3. The van der Waals surface area contributed by atoms with Gasteiger partial charge in [0.05, 0.1) is 12.8 Å². The van der Waals surface area contributed by atoms with Crippen molar-refractivity contribution in [2.45, 2.75) is 51.5 Å². The summed E-state index contributed by atoms with van der Waals surface area (Å²) in [6, 6.07) is 9.67. The van der Waals surface area contributed by atoms with E-state index >= 15 is 0 Å². The van der Waals surface area contributed by atoms with Gasteiger partial charge in [-0.1, -0.05) is 30.7 Å². The SMILES string of the molecule is COC(=O)c1sc(-c2ccc(Cl)cc2)cc1N(C(=O)C1CCC(C)CC1)C1CCN(C)CC1. The third kappa shape index (κ3) is 5.44. The summed E-state index contributed by atoms with van der Waals surface area (Å²) in [6.07, 6.45) is 5.81. The number of piperidine rings is 1. The molecular weight excluding hydrogens is 456 g/mol. The number of methoxy groups -OCH3 is 1. The molecule has 0 unspecified atom stereocenters. The predicted molar refractivity (Wildman–Crippen MR) is 135 cm³/mol. The van der Waals surface area contributed by atoms with E-state index in [1.807, 2.05) is 35.2 Å². The Morgan fingerprint density at radius 2 is 1.70 bits per heavy atom. The van der Waals surface area contributed by atoms with E-state index in [1.165, 1.54) is 18.4 Å². The van der Waals surface area contributed by atoms with Crippen LogP contribution in [0, 0.1) is 11.8 Å². The van der Waals surface area contributed by atoms with Crippen LogP contribution in [-0.4, -0.2) is 50.1 Å². The maximum Gasteiger partial charge on any atom is 0.350 e. The fourth-order valence-corrected chi connectivity index (χ4v) is 6.21. The molecule has 0 bridgehead atoms. The zero-order chi connectivity index (χ0) is 23.5. The smallest absolute Gasteiger partial charge is 0.350 e. The molecule has 1 amide bonds. The van der Waals surface area contributed by atoms with Crippen molar-refractivity contribution in [2.24, 2.45) is 11.8 Å². The van der Waals surface area contributed by atoms with Gasteiger partial charge in [0.25, 0.3) is 0 Å². The molecule has 33 heavy (non-hydrogen) atoms. The number of halogens is 1. The lowest BCUT2D eigenvalue weighted by molar-refractivity contribution is -0.124. The van der Waals surface area contributed by atoms with Gasteiger partial charge in [-0.3, -0.25) is 4.79 Å². The highest BCUT2D eigenvalue weighted by Crippen LogP contribution is 2.41. The summed E-state index contributed by atoms with van der Waals surface area (Å²) < 4.78 is 5.14. The van der Waals surface area contributed by atoms with Gasteiger partial charge in [0.2, 0.25) is 5.91 Å². The van der Waals surface area contributed by atoms with Crippen LogP contribution in [0.3, 0.4) is 0 Å². The van der Waals surface area contributed by atoms with Gasteiger partial charge in [0.15, 0.2) is 0 Å². The number of benzene rings is 1. The first-order chi connectivity index (χ1) is 15.9. The standard InChI is InChI=1S/C26H33ClN2O3S/c1-17-4-6-19(7-5-17)25(30)29(21-12-14-28(2)15-13-21)22-16-23(33-24(22)26(31)32-3)18-8-10-20(27)11-9-18/h8-11,16-17,19,21H,4-7,12-15H2,1-3H3. The lowest BCUT2D eigenvalue weighted by atomic mass is 9.82. The van der Waals surface area contributed by atoms with Gasteiger partial charge < -0.3 is 14.5 Å². The number of anilines is 1. The number of hydrogen-bond donors (Lipinski definition) is 0. The van der Waals surface area contributed by atoms with E-state index in [2.05, 4.69) is 18.9 Å². The lowest BCUT2D eigenvalue weighted by Crippen LogP contribution is -2.49. The minimum atomic E-state index is -0.391.